The fourth-order valence-corrected chi connectivity index (χ4v) is 12.4. The molecule has 0 rings (SSSR count). The predicted molar refractivity (Wildman–Crippen MR) is 332 cm³/mol. The molecule has 0 spiro atoms. The van der Waals surface area contributed by atoms with Gasteiger partial charge in [-0.1, -0.05) is 323 Å². The first-order chi connectivity index (χ1) is 35.4. The van der Waals surface area contributed by atoms with Gasteiger partial charge in [0, 0.05) is 0 Å². The summed E-state index contributed by atoms with van der Waals surface area (Å²) in [7, 11) is 5.27. The van der Waals surface area contributed by atoms with Gasteiger partial charge < -0.3 is 8.97 Å². The minimum absolute atomic E-state index is 1.37. The zero-order valence-electron chi connectivity index (χ0n) is 52.1. The summed E-state index contributed by atoms with van der Waals surface area (Å²) < 4.78 is 2.73. The summed E-state index contributed by atoms with van der Waals surface area (Å²) in [6.07, 6.45) is 85.0. The Kier molecular flexibility index (Phi) is 60.1. The predicted octanol–water partition coefficient (Wildman–Crippen LogP) is 24.6. The highest BCUT2D eigenvalue weighted by Crippen LogP contribution is 2.21. The molecule has 0 aromatic heterocycles. The average Bonchev–Trinajstić information content (AvgIpc) is 3.38. The van der Waals surface area contributed by atoms with E-state index in [0.717, 1.165) is 0 Å². The number of rotatable bonds is 65. The quantitative estimate of drug-likeness (QED) is 0.0421. The first kappa shape index (κ1) is 71.9. The van der Waals surface area contributed by atoms with E-state index >= 15 is 0 Å². The largest absolute Gasteiger partial charge is 0.326 e. The maximum Gasteiger partial charge on any atom is 0.0784 e. The Morgan fingerprint density at radius 2 is 0.208 bits per heavy atom. The molecule has 0 atom stereocenters. The molecular formula is C70H146N2+2. The van der Waals surface area contributed by atoms with Gasteiger partial charge in [0.2, 0.25) is 0 Å². The Hall–Kier alpha value is -0.0800. The van der Waals surface area contributed by atoms with Crippen molar-refractivity contribution in [2.24, 2.45) is 0 Å². The molecule has 0 aliphatic rings. The van der Waals surface area contributed by atoms with E-state index in [1.54, 1.807) is 0 Å². The van der Waals surface area contributed by atoms with Crippen molar-refractivity contribution in [3.05, 3.63) is 0 Å². The lowest BCUT2D eigenvalue weighted by Crippen LogP contribution is -2.46. The molecule has 0 saturated carbocycles. The zero-order chi connectivity index (χ0) is 52.3. The van der Waals surface area contributed by atoms with Crippen LogP contribution in [0.5, 0.6) is 0 Å². The summed E-state index contributed by atoms with van der Waals surface area (Å²) in [5.74, 6) is 0. The van der Waals surface area contributed by atoms with Crippen molar-refractivity contribution in [1.82, 2.24) is 0 Å². The molecule has 2 nitrogen and oxygen atoms in total. The molecule has 0 fully saturated rings. The smallest absolute Gasteiger partial charge is 0.0784 e. The lowest BCUT2D eigenvalue weighted by molar-refractivity contribution is -0.910. The number of hydrogen-bond donors (Lipinski definition) is 0. The lowest BCUT2D eigenvalue weighted by atomic mass is 10.0. The van der Waals surface area contributed by atoms with E-state index in [1.165, 1.54) is 421 Å². The average molecular weight is 1020 g/mol. The molecule has 2 heteroatoms. The molecule has 0 aliphatic heterocycles. The fourth-order valence-electron chi connectivity index (χ4n) is 12.4. The molecule has 72 heavy (non-hydrogen) atoms. The summed E-state index contributed by atoms with van der Waals surface area (Å²) in [5, 5.41) is 0. The SMILES string of the molecule is CCCCCCCCCCCC[N+](C)(CCCCCCCCCCCC)CCCCCCCCCCCCCCCCCCCC[N+](C)(CCCCCCCCCCCC)CCCCCCCCCCCC. The molecular weight excluding hydrogens is 869 g/mol. The molecule has 0 N–H and O–H groups in total. The Morgan fingerprint density at radius 3 is 0.306 bits per heavy atom. The van der Waals surface area contributed by atoms with Crippen LogP contribution < -0.4 is 0 Å². The first-order valence-electron chi connectivity index (χ1n) is 35.1. The lowest BCUT2D eigenvalue weighted by Gasteiger charge is -2.35. The van der Waals surface area contributed by atoms with Crippen LogP contribution in [0.3, 0.4) is 0 Å². The Morgan fingerprint density at radius 1 is 0.125 bits per heavy atom. The third-order valence-electron chi connectivity index (χ3n) is 17.9. The van der Waals surface area contributed by atoms with E-state index in [-0.39, 0.29) is 0 Å². The van der Waals surface area contributed by atoms with Gasteiger partial charge in [-0.15, -0.1) is 0 Å². The van der Waals surface area contributed by atoms with Crippen molar-refractivity contribution >= 4 is 0 Å². The van der Waals surface area contributed by atoms with E-state index in [9.17, 15) is 0 Å². The highest BCUT2D eigenvalue weighted by molar-refractivity contribution is 4.57. The number of nitrogens with zero attached hydrogens (tertiary/aromatic N) is 2. The van der Waals surface area contributed by atoms with Gasteiger partial charge in [-0.2, -0.15) is 0 Å². The molecule has 434 valence electrons. The van der Waals surface area contributed by atoms with Crippen LogP contribution in [0.25, 0.3) is 0 Å². The van der Waals surface area contributed by atoms with Crippen LogP contribution in [0, 0.1) is 0 Å². The Labute approximate surface area is 460 Å². The minimum atomic E-state index is 1.37. The summed E-state index contributed by atoms with van der Waals surface area (Å²) in [5.41, 5.74) is 0. The van der Waals surface area contributed by atoms with Gasteiger partial charge in [0.25, 0.3) is 0 Å². The van der Waals surface area contributed by atoms with Gasteiger partial charge in [0.05, 0.1) is 53.4 Å². The van der Waals surface area contributed by atoms with Crippen molar-refractivity contribution in [3.8, 4) is 0 Å². The van der Waals surface area contributed by atoms with Crippen LogP contribution in [0.15, 0.2) is 0 Å². The van der Waals surface area contributed by atoms with Gasteiger partial charge in [-0.3, -0.25) is 0 Å². The number of quaternary nitrogens is 2. The number of hydrogen-bond acceptors (Lipinski definition) is 0. The molecule has 0 amide bonds. The monoisotopic (exact) mass is 1020 g/mol. The van der Waals surface area contributed by atoms with E-state index in [0.29, 0.717) is 0 Å². The molecule has 0 radical (unpaired) electrons. The van der Waals surface area contributed by atoms with E-state index in [1.807, 2.05) is 0 Å². The topological polar surface area (TPSA) is 0 Å². The summed E-state index contributed by atoms with van der Waals surface area (Å²) in [6.45, 7) is 17.9. The summed E-state index contributed by atoms with van der Waals surface area (Å²) in [4.78, 5) is 0. The first-order valence-corrected chi connectivity index (χ1v) is 35.1. The van der Waals surface area contributed by atoms with E-state index < -0.39 is 0 Å². The van der Waals surface area contributed by atoms with E-state index in [4.69, 9.17) is 0 Å². The zero-order valence-corrected chi connectivity index (χ0v) is 52.1. The summed E-state index contributed by atoms with van der Waals surface area (Å²) in [6, 6.07) is 0. The van der Waals surface area contributed by atoms with Crippen LogP contribution >= 0.6 is 0 Å². The Bertz CT molecular complexity index is 835. The van der Waals surface area contributed by atoms with Crippen molar-refractivity contribution in [2.75, 3.05) is 53.4 Å². The third-order valence-corrected chi connectivity index (χ3v) is 17.9. The van der Waals surface area contributed by atoms with Crippen LogP contribution in [0.4, 0.5) is 0 Å². The standard InChI is InChI=1S/C70H146N2/c1-7-11-15-19-23-27-41-47-53-59-65-71(5,66-60-54-48-42-28-24-20-16-12-8-2)69-63-57-51-45-39-37-35-33-31-32-34-36-38-40-46-52-58-64-70-72(6,67-61-55-49-43-29-25-21-17-13-9-3)68-62-56-50-44-30-26-22-18-14-10-4/h7-70H2,1-6H3/q+2. The van der Waals surface area contributed by atoms with Gasteiger partial charge in [-0.25, -0.2) is 0 Å². The van der Waals surface area contributed by atoms with Gasteiger partial charge in [-0.05, 0) is 77.0 Å². The van der Waals surface area contributed by atoms with E-state index in [2.05, 4.69) is 41.8 Å². The van der Waals surface area contributed by atoms with Crippen molar-refractivity contribution < 1.29 is 8.97 Å². The molecule has 0 bridgehead atoms. The maximum atomic E-state index is 2.64. The maximum absolute atomic E-state index is 2.64. The molecule has 0 saturated heterocycles. The van der Waals surface area contributed by atoms with Crippen LogP contribution in [0.2, 0.25) is 0 Å². The van der Waals surface area contributed by atoms with Gasteiger partial charge in [0.1, 0.15) is 0 Å². The van der Waals surface area contributed by atoms with Crippen molar-refractivity contribution in [2.45, 2.75) is 400 Å². The molecule has 0 heterocycles. The number of unbranched alkanes of at least 4 members (excludes halogenated alkanes) is 53. The minimum Gasteiger partial charge on any atom is -0.326 e. The van der Waals surface area contributed by atoms with Crippen molar-refractivity contribution in [1.29, 1.82) is 0 Å². The van der Waals surface area contributed by atoms with Gasteiger partial charge >= 0.3 is 0 Å². The highest BCUT2D eigenvalue weighted by atomic mass is 15.3. The Balaban J connectivity index is 4.11. The van der Waals surface area contributed by atoms with Gasteiger partial charge in [0.15, 0.2) is 0 Å². The second-order valence-electron chi connectivity index (χ2n) is 25.7. The van der Waals surface area contributed by atoms with Crippen molar-refractivity contribution in [3.63, 3.8) is 0 Å². The normalized spacial score (nSPS) is 12.2. The third kappa shape index (κ3) is 56.1. The molecule has 0 unspecified atom stereocenters. The molecule has 0 aromatic rings. The second kappa shape index (κ2) is 60.2. The second-order valence-corrected chi connectivity index (χ2v) is 25.7. The summed E-state index contributed by atoms with van der Waals surface area (Å²) >= 11 is 0. The van der Waals surface area contributed by atoms with Crippen LogP contribution in [0.1, 0.15) is 400 Å². The van der Waals surface area contributed by atoms with Crippen LogP contribution in [-0.4, -0.2) is 62.3 Å². The fraction of sp³-hybridized carbons (Fsp3) is 1.00. The highest BCUT2D eigenvalue weighted by Gasteiger charge is 2.21. The molecule has 0 aromatic carbocycles. The van der Waals surface area contributed by atoms with Crippen LogP contribution in [-0.2, 0) is 0 Å². The molecule has 0 aliphatic carbocycles.